The van der Waals surface area contributed by atoms with Crippen LogP contribution in [0.15, 0.2) is 37.9 Å². The highest BCUT2D eigenvalue weighted by atomic mass is 79.9. The number of rotatable bonds is 6. The SMILES string of the molecule is COCCCN1C(=O)c2oc3cc(C)c(Cl)cc3c(=O)c2[C@H]1c1cc(Br)c(O)c(OC)c1. The second kappa shape index (κ2) is 8.77. The molecule has 1 aromatic heterocycles. The van der Waals surface area contributed by atoms with E-state index in [1.807, 2.05) is 0 Å². The van der Waals surface area contributed by atoms with Crippen molar-refractivity contribution in [3.8, 4) is 11.5 Å². The van der Waals surface area contributed by atoms with E-state index in [-0.39, 0.29) is 34.2 Å². The van der Waals surface area contributed by atoms with Crippen molar-refractivity contribution in [2.45, 2.75) is 19.4 Å². The van der Waals surface area contributed by atoms with Crippen LogP contribution in [0.4, 0.5) is 0 Å². The number of fused-ring (bicyclic) bond motifs is 2. The number of methoxy groups -OCH3 is 2. The van der Waals surface area contributed by atoms with Crippen LogP contribution in [0.5, 0.6) is 11.5 Å². The van der Waals surface area contributed by atoms with Gasteiger partial charge in [-0.1, -0.05) is 11.6 Å². The topological polar surface area (TPSA) is 89.2 Å². The number of aromatic hydroxyl groups is 1. The van der Waals surface area contributed by atoms with Crippen LogP contribution in [0.2, 0.25) is 5.02 Å². The average Bonchev–Trinajstić information content (AvgIpc) is 3.04. The maximum absolute atomic E-state index is 13.6. The molecule has 32 heavy (non-hydrogen) atoms. The summed E-state index contributed by atoms with van der Waals surface area (Å²) < 4.78 is 16.8. The maximum atomic E-state index is 13.6. The molecule has 0 saturated heterocycles. The second-order valence-electron chi connectivity index (χ2n) is 7.57. The quantitative estimate of drug-likeness (QED) is 0.467. The van der Waals surface area contributed by atoms with Crippen molar-refractivity contribution >= 4 is 44.4 Å². The fraction of sp³-hybridized carbons (Fsp3) is 0.304. The van der Waals surface area contributed by atoms with E-state index in [1.54, 1.807) is 43.2 Å². The minimum absolute atomic E-state index is 0.00908. The Balaban J connectivity index is 1.98. The van der Waals surface area contributed by atoms with Gasteiger partial charge in [-0.25, -0.2) is 0 Å². The molecule has 4 rings (SSSR count). The smallest absolute Gasteiger partial charge is 0.290 e. The van der Waals surface area contributed by atoms with Gasteiger partial charge >= 0.3 is 0 Å². The third kappa shape index (κ3) is 3.66. The molecule has 0 spiro atoms. The van der Waals surface area contributed by atoms with Gasteiger partial charge in [0.25, 0.3) is 5.91 Å². The molecule has 0 fully saturated rings. The van der Waals surface area contributed by atoms with E-state index in [0.29, 0.717) is 45.6 Å². The molecule has 1 N–H and O–H groups in total. The van der Waals surface area contributed by atoms with Crippen LogP contribution in [0.25, 0.3) is 11.0 Å². The molecule has 1 atom stereocenters. The summed E-state index contributed by atoms with van der Waals surface area (Å²) in [5, 5.41) is 11.0. The summed E-state index contributed by atoms with van der Waals surface area (Å²) in [5.74, 6) is -0.221. The molecule has 1 amide bonds. The number of carbonyl (C=O) groups is 1. The van der Waals surface area contributed by atoms with Gasteiger partial charge in [-0.05, 0) is 64.7 Å². The number of amides is 1. The van der Waals surface area contributed by atoms with Gasteiger partial charge in [-0.3, -0.25) is 9.59 Å². The minimum Gasteiger partial charge on any atom is -0.503 e. The number of aryl methyl sites for hydroxylation is 1. The largest absolute Gasteiger partial charge is 0.503 e. The zero-order valence-corrected chi connectivity index (χ0v) is 20.0. The Kier molecular flexibility index (Phi) is 6.20. The molecule has 9 heteroatoms. The van der Waals surface area contributed by atoms with E-state index in [9.17, 15) is 14.7 Å². The van der Waals surface area contributed by atoms with Crippen LogP contribution in [0.1, 0.15) is 39.7 Å². The highest BCUT2D eigenvalue weighted by Gasteiger charge is 2.43. The third-order valence-electron chi connectivity index (χ3n) is 5.58. The van der Waals surface area contributed by atoms with Gasteiger partial charge in [-0.2, -0.15) is 0 Å². The van der Waals surface area contributed by atoms with Crippen LogP contribution in [0.3, 0.4) is 0 Å². The van der Waals surface area contributed by atoms with E-state index < -0.39 is 6.04 Å². The highest BCUT2D eigenvalue weighted by Crippen LogP contribution is 2.43. The summed E-state index contributed by atoms with van der Waals surface area (Å²) in [7, 11) is 3.02. The molecule has 0 aliphatic carbocycles. The first-order chi connectivity index (χ1) is 15.3. The Bertz CT molecular complexity index is 1290. The molecule has 0 saturated carbocycles. The van der Waals surface area contributed by atoms with Crippen molar-refractivity contribution in [3.05, 3.63) is 66.4 Å². The predicted molar refractivity (Wildman–Crippen MR) is 124 cm³/mol. The molecule has 0 unspecified atom stereocenters. The van der Waals surface area contributed by atoms with Crippen molar-refractivity contribution in [2.24, 2.45) is 0 Å². The molecule has 7 nitrogen and oxygen atoms in total. The number of phenolic OH excluding ortho intramolecular Hbond substituents is 1. The number of halogens is 2. The van der Waals surface area contributed by atoms with Crippen LogP contribution in [-0.4, -0.2) is 43.3 Å². The zero-order valence-electron chi connectivity index (χ0n) is 17.7. The van der Waals surface area contributed by atoms with E-state index in [0.717, 1.165) is 5.56 Å². The maximum Gasteiger partial charge on any atom is 0.290 e. The van der Waals surface area contributed by atoms with Gasteiger partial charge in [-0.15, -0.1) is 0 Å². The summed E-state index contributed by atoms with van der Waals surface area (Å²) in [6.45, 7) is 2.60. The number of benzene rings is 2. The van der Waals surface area contributed by atoms with E-state index in [2.05, 4.69) is 15.9 Å². The summed E-state index contributed by atoms with van der Waals surface area (Å²) in [4.78, 5) is 28.5. The Morgan fingerprint density at radius 2 is 1.97 bits per heavy atom. The lowest BCUT2D eigenvalue weighted by Gasteiger charge is -2.25. The van der Waals surface area contributed by atoms with Crippen LogP contribution >= 0.6 is 27.5 Å². The highest BCUT2D eigenvalue weighted by molar-refractivity contribution is 9.10. The van der Waals surface area contributed by atoms with Gasteiger partial charge < -0.3 is 23.9 Å². The van der Waals surface area contributed by atoms with Crippen molar-refractivity contribution in [1.29, 1.82) is 0 Å². The van der Waals surface area contributed by atoms with E-state index in [4.69, 9.17) is 25.5 Å². The summed E-state index contributed by atoms with van der Waals surface area (Å²) in [5.41, 5.74) is 1.57. The fourth-order valence-electron chi connectivity index (χ4n) is 4.00. The third-order valence-corrected chi connectivity index (χ3v) is 6.59. The Morgan fingerprint density at radius 3 is 2.66 bits per heavy atom. The number of nitrogens with zero attached hydrogens (tertiary/aromatic N) is 1. The number of hydrogen-bond acceptors (Lipinski definition) is 6. The van der Waals surface area contributed by atoms with Crippen LogP contribution < -0.4 is 10.2 Å². The van der Waals surface area contributed by atoms with Gasteiger partial charge in [0.05, 0.1) is 28.6 Å². The molecule has 0 radical (unpaired) electrons. The second-order valence-corrected chi connectivity index (χ2v) is 8.83. The van der Waals surface area contributed by atoms with Crippen LogP contribution in [0, 0.1) is 6.92 Å². The lowest BCUT2D eigenvalue weighted by atomic mass is 9.97. The van der Waals surface area contributed by atoms with Crippen molar-refractivity contribution in [2.75, 3.05) is 27.4 Å². The zero-order chi connectivity index (χ0) is 23.2. The lowest BCUT2D eigenvalue weighted by Crippen LogP contribution is -2.31. The van der Waals surface area contributed by atoms with Crippen molar-refractivity contribution in [3.63, 3.8) is 0 Å². The fourth-order valence-corrected chi connectivity index (χ4v) is 4.63. The molecular formula is C23H21BrClNO6. The molecular weight excluding hydrogens is 502 g/mol. The predicted octanol–water partition coefficient (Wildman–Crippen LogP) is 4.81. The summed E-state index contributed by atoms with van der Waals surface area (Å²) in [6.07, 6.45) is 0.571. The molecule has 3 aromatic rings. The number of phenols is 1. The number of hydrogen-bond donors (Lipinski definition) is 1. The molecule has 2 aromatic carbocycles. The molecule has 0 bridgehead atoms. The van der Waals surface area contributed by atoms with Gasteiger partial charge in [0.2, 0.25) is 5.76 Å². The number of ether oxygens (including phenoxy) is 2. The lowest BCUT2D eigenvalue weighted by molar-refractivity contribution is 0.0707. The first kappa shape index (κ1) is 22.6. The monoisotopic (exact) mass is 521 g/mol. The summed E-state index contributed by atoms with van der Waals surface area (Å²) >= 11 is 9.59. The first-order valence-corrected chi connectivity index (χ1v) is 11.1. The van der Waals surface area contributed by atoms with Crippen molar-refractivity contribution < 1.29 is 23.8 Å². The molecule has 1 aliphatic rings. The standard InChI is InChI=1S/C23H21BrClNO6/c1-11-7-16-13(10-15(11)25)20(27)18-19(12-8-14(24)21(28)17(9-12)31-3)26(5-4-6-30-2)23(29)22(18)32-16/h7-10,19,28H,4-6H2,1-3H3/t19-/m1/s1. The van der Waals surface area contributed by atoms with Crippen LogP contribution in [-0.2, 0) is 4.74 Å². The molecule has 168 valence electrons. The Morgan fingerprint density at radius 1 is 1.22 bits per heavy atom. The van der Waals surface area contributed by atoms with E-state index >= 15 is 0 Å². The molecule has 1 aliphatic heterocycles. The molecule has 2 heterocycles. The normalized spacial score (nSPS) is 15.5. The van der Waals surface area contributed by atoms with Gasteiger partial charge in [0.1, 0.15) is 5.58 Å². The minimum atomic E-state index is -0.721. The first-order valence-electron chi connectivity index (χ1n) is 9.91. The van der Waals surface area contributed by atoms with Gasteiger partial charge in [0, 0.05) is 25.3 Å². The van der Waals surface area contributed by atoms with E-state index in [1.165, 1.54) is 7.11 Å². The summed E-state index contributed by atoms with van der Waals surface area (Å²) in [6, 6.07) is 5.79. The Labute approximate surface area is 197 Å². The van der Waals surface area contributed by atoms with Gasteiger partial charge in [0.15, 0.2) is 16.9 Å². The Hall–Kier alpha value is -2.55. The number of carbonyl (C=O) groups excluding carboxylic acids is 1. The average molecular weight is 523 g/mol. The van der Waals surface area contributed by atoms with Crippen molar-refractivity contribution in [1.82, 2.24) is 4.90 Å².